The highest BCUT2D eigenvalue weighted by molar-refractivity contribution is 6.33. The minimum absolute atomic E-state index is 0.607. The third-order valence-electron chi connectivity index (χ3n) is 3.65. The van der Waals surface area contributed by atoms with Gasteiger partial charge in [-0.2, -0.15) is 4.52 Å². The lowest BCUT2D eigenvalue weighted by Gasteiger charge is -2.04. The number of benzene rings is 2. The van der Waals surface area contributed by atoms with E-state index in [2.05, 4.69) is 38.7 Å². The molecule has 0 aliphatic rings. The molecule has 4 aromatic rings. The van der Waals surface area contributed by atoms with Gasteiger partial charge in [0.2, 0.25) is 0 Å². The SMILES string of the molecule is Cc1ccc2cc(C=Nc3ccccc3Cl)c3nnnn3c2c1. The first-order valence-electron chi connectivity index (χ1n) is 7.12. The molecule has 112 valence electrons. The number of hydrogen-bond acceptors (Lipinski definition) is 4. The summed E-state index contributed by atoms with van der Waals surface area (Å²) in [7, 11) is 0. The minimum atomic E-state index is 0.607. The Labute approximate surface area is 137 Å². The summed E-state index contributed by atoms with van der Waals surface area (Å²) < 4.78 is 1.73. The van der Waals surface area contributed by atoms with Crippen LogP contribution in [-0.2, 0) is 0 Å². The molecule has 0 fully saturated rings. The number of pyridine rings is 1. The number of fused-ring (bicyclic) bond motifs is 3. The molecule has 2 heterocycles. The lowest BCUT2D eigenvalue weighted by atomic mass is 10.1. The van der Waals surface area contributed by atoms with Gasteiger partial charge in [-0.15, -0.1) is 5.10 Å². The number of aromatic nitrogens is 4. The maximum Gasteiger partial charge on any atom is 0.188 e. The summed E-state index contributed by atoms with van der Waals surface area (Å²) in [4.78, 5) is 4.46. The van der Waals surface area contributed by atoms with Gasteiger partial charge in [-0.1, -0.05) is 35.9 Å². The molecule has 5 nitrogen and oxygen atoms in total. The third kappa shape index (κ3) is 2.45. The van der Waals surface area contributed by atoms with Crippen LogP contribution >= 0.6 is 11.6 Å². The molecule has 0 amide bonds. The Morgan fingerprint density at radius 3 is 2.87 bits per heavy atom. The average Bonchev–Trinajstić information content (AvgIpc) is 3.04. The van der Waals surface area contributed by atoms with E-state index in [0.717, 1.165) is 22.0 Å². The van der Waals surface area contributed by atoms with Gasteiger partial charge in [0, 0.05) is 17.2 Å². The molecule has 0 bridgehead atoms. The van der Waals surface area contributed by atoms with Crippen LogP contribution in [0.1, 0.15) is 11.1 Å². The van der Waals surface area contributed by atoms with E-state index in [1.54, 1.807) is 10.7 Å². The van der Waals surface area contributed by atoms with E-state index >= 15 is 0 Å². The van der Waals surface area contributed by atoms with E-state index < -0.39 is 0 Å². The van der Waals surface area contributed by atoms with Gasteiger partial charge in [-0.25, -0.2) is 0 Å². The molecular formula is C17H12ClN5. The zero-order valence-electron chi connectivity index (χ0n) is 12.3. The summed E-state index contributed by atoms with van der Waals surface area (Å²) in [5, 5.41) is 13.6. The van der Waals surface area contributed by atoms with Gasteiger partial charge in [0.05, 0.1) is 16.2 Å². The molecule has 0 saturated carbocycles. The van der Waals surface area contributed by atoms with Crippen LogP contribution in [0.15, 0.2) is 53.5 Å². The van der Waals surface area contributed by atoms with Crippen LogP contribution in [0, 0.1) is 6.92 Å². The standard InChI is InChI=1S/C17H12ClN5/c1-11-6-7-12-9-13(10-19-15-5-3-2-4-14(15)18)17-20-21-22-23(17)16(12)8-11/h2-10H,1H3. The number of halogens is 1. The molecule has 0 aliphatic heterocycles. The summed E-state index contributed by atoms with van der Waals surface area (Å²) in [5.74, 6) is 0. The summed E-state index contributed by atoms with van der Waals surface area (Å²) in [6.45, 7) is 2.04. The van der Waals surface area contributed by atoms with E-state index in [-0.39, 0.29) is 0 Å². The first-order valence-corrected chi connectivity index (χ1v) is 7.50. The fraction of sp³-hybridized carbons (Fsp3) is 0.0588. The van der Waals surface area contributed by atoms with Gasteiger partial charge in [-0.05, 0) is 47.2 Å². The smallest absolute Gasteiger partial charge is 0.188 e. The molecule has 0 spiro atoms. The molecule has 0 aliphatic carbocycles. The molecule has 0 saturated heterocycles. The Morgan fingerprint density at radius 2 is 2.00 bits per heavy atom. The first-order chi connectivity index (χ1) is 11.2. The van der Waals surface area contributed by atoms with E-state index in [0.29, 0.717) is 16.4 Å². The van der Waals surface area contributed by atoms with Crippen molar-refractivity contribution in [3.05, 3.63) is 64.7 Å². The third-order valence-corrected chi connectivity index (χ3v) is 3.97. The van der Waals surface area contributed by atoms with Crippen molar-refractivity contribution >= 4 is 40.1 Å². The Balaban J connectivity index is 1.91. The van der Waals surface area contributed by atoms with Gasteiger partial charge in [0.15, 0.2) is 5.65 Å². The Hall–Kier alpha value is -2.79. The second-order valence-electron chi connectivity index (χ2n) is 5.29. The number of aliphatic imine (C=N–C) groups is 1. The molecule has 0 atom stereocenters. The van der Waals surface area contributed by atoms with Crippen molar-refractivity contribution in [2.24, 2.45) is 4.99 Å². The zero-order valence-corrected chi connectivity index (χ0v) is 13.1. The van der Waals surface area contributed by atoms with E-state index in [1.807, 2.05) is 37.3 Å². The Kier molecular flexibility index (Phi) is 3.28. The molecule has 2 aromatic carbocycles. The lowest BCUT2D eigenvalue weighted by Crippen LogP contribution is -1.96. The van der Waals surface area contributed by atoms with Crippen LogP contribution in [0.3, 0.4) is 0 Å². The van der Waals surface area contributed by atoms with Crippen molar-refractivity contribution in [3.8, 4) is 0 Å². The summed E-state index contributed by atoms with van der Waals surface area (Å²) in [6, 6.07) is 15.7. The molecule has 0 N–H and O–H groups in total. The Bertz CT molecular complexity index is 1050. The number of rotatable bonds is 2. The molecule has 6 heteroatoms. The number of para-hydroxylation sites is 1. The predicted octanol–water partition coefficient (Wildman–Crippen LogP) is 3.99. The van der Waals surface area contributed by atoms with Crippen molar-refractivity contribution in [1.82, 2.24) is 20.0 Å². The van der Waals surface area contributed by atoms with Crippen molar-refractivity contribution in [3.63, 3.8) is 0 Å². The number of hydrogen-bond donors (Lipinski definition) is 0. The summed E-state index contributed by atoms with van der Waals surface area (Å²) in [5.41, 5.74) is 4.35. The number of nitrogens with zero attached hydrogens (tertiary/aromatic N) is 5. The van der Waals surface area contributed by atoms with Crippen LogP contribution < -0.4 is 0 Å². The van der Waals surface area contributed by atoms with Gasteiger partial charge in [-0.3, -0.25) is 4.99 Å². The zero-order chi connectivity index (χ0) is 15.8. The van der Waals surface area contributed by atoms with Crippen LogP contribution in [0.2, 0.25) is 5.02 Å². The maximum atomic E-state index is 6.14. The van der Waals surface area contributed by atoms with Crippen molar-refractivity contribution in [1.29, 1.82) is 0 Å². The normalized spacial score (nSPS) is 11.7. The highest BCUT2D eigenvalue weighted by atomic mass is 35.5. The van der Waals surface area contributed by atoms with Gasteiger partial charge in [0.25, 0.3) is 0 Å². The predicted molar refractivity (Wildman–Crippen MR) is 91.7 cm³/mol. The fourth-order valence-corrected chi connectivity index (χ4v) is 2.70. The van der Waals surface area contributed by atoms with Gasteiger partial charge < -0.3 is 0 Å². The number of tetrazole rings is 1. The molecule has 0 unspecified atom stereocenters. The number of aryl methyl sites for hydroxylation is 1. The largest absolute Gasteiger partial charge is 0.255 e. The highest BCUT2D eigenvalue weighted by Crippen LogP contribution is 2.24. The average molecular weight is 322 g/mol. The van der Waals surface area contributed by atoms with Crippen molar-refractivity contribution < 1.29 is 0 Å². The molecule has 23 heavy (non-hydrogen) atoms. The topological polar surface area (TPSA) is 55.4 Å². The molecule has 0 radical (unpaired) electrons. The lowest BCUT2D eigenvalue weighted by molar-refractivity contribution is 0.841. The van der Waals surface area contributed by atoms with Crippen molar-refractivity contribution in [2.45, 2.75) is 6.92 Å². The van der Waals surface area contributed by atoms with Crippen LogP contribution in [-0.4, -0.2) is 26.3 Å². The van der Waals surface area contributed by atoms with Crippen LogP contribution in [0.25, 0.3) is 16.6 Å². The summed E-state index contributed by atoms with van der Waals surface area (Å²) >= 11 is 6.14. The minimum Gasteiger partial charge on any atom is -0.255 e. The van der Waals surface area contributed by atoms with E-state index in [1.165, 1.54) is 0 Å². The fourth-order valence-electron chi connectivity index (χ4n) is 2.51. The quantitative estimate of drug-likeness (QED) is 0.524. The van der Waals surface area contributed by atoms with Crippen molar-refractivity contribution in [2.75, 3.05) is 0 Å². The summed E-state index contributed by atoms with van der Waals surface area (Å²) in [6.07, 6.45) is 1.74. The first kappa shape index (κ1) is 13.8. The maximum absolute atomic E-state index is 6.14. The highest BCUT2D eigenvalue weighted by Gasteiger charge is 2.09. The Morgan fingerprint density at radius 1 is 1.13 bits per heavy atom. The molecule has 4 rings (SSSR count). The second kappa shape index (κ2) is 5.44. The second-order valence-corrected chi connectivity index (χ2v) is 5.69. The van der Waals surface area contributed by atoms with Gasteiger partial charge in [0.1, 0.15) is 0 Å². The van der Waals surface area contributed by atoms with Gasteiger partial charge >= 0.3 is 0 Å². The monoisotopic (exact) mass is 321 g/mol. The molecular weight excluding hydrogens is 310 g/mol. The van der Waals surface area contributed by atoms with E-state index in [9.17, 15) is 0 Å². The van der Waals surface area contributed by atoms with E-state index in [4.69, 9.17) is 11.6 Å². The molecule has 2 aromatic heterocycles. The van der Waals surface area contributed by atoms with Crippen LogP contribution in [0.5, 0.6) is 0 Å². The van der Waals surface area contributed by atoms with Crippen LogP contribution in [0.4, 0.5) is 5.69 Å².